The number of hydrogen-bond donors (Lipinski definition) is 1. The first-order chi connectivity index (χ1) is 14.1. The molecule has 0 aromatic carbocycles. The number of ketones is 1. The first-order valence-corrected chi connectivity index (χ1v) is 12.2. The number of hydrogen-bond acceptors (Lipinski definition) is 4. The van der Waals surface area contributed by atoms with Crippen molar-refractivity contribution in [2.45, 2.75) is 97.6 Å². The fraction of sp³-hybridized carbons (Fsp3) is 0.880. The average molecular weight is 414 g/mol. The van der Waals surface area contributed by atoms with Gasteiger partial charge in [-0.3, -0.25) is 4.79 Å². The molecule has 4 fully saturated rings. The zero-order valence-corrected chi connectivity index (χ0v) is 19.2. The summed E-state index contributed by atoms with van der Waals surface area (Å²) in [7, 11) is 0. The van der Waals surface area contributed by atoms with E-state index in [1.165, 1.54) is 38.5 Å². The van der Waals surface area contributed by atoms with Crippen LogP contribution in [0.3, 0.4) is 0 Å². The molecule has 166 valence electrons. The second kappa shape index (κ2) is 6.88. The smallest absolute Gasteiger partial charge is 0.159 e. The summed E-state index contributed by atoms with van der Waals surface area (Å²) < 4.78 is 0. The number of carbonyl (C=O) groups excluding carboxylic acids is 1. The largest absolute Gasteiger partial charge is 0.390 e. The zero-order chi connectivity index (χ0) is 21.3. The van der Waals surface area contributed by atoms with Crippen molar-refractivity contribution in [3.63, 3.8) is 0 Å². The van der Waals surface area contributed by atoms with Crippen LogP contribution in [0.25, 0.3) is 0 Å². The molecule has 0 radical (unpaired) electrons. The lowest BCUT2D eigenvalue weighted by molar-refractivity contribution is -0.151. The Morgan fingerprint density at radius 1 is 1.07 bits per heavy atom. The van der Waals surface area contributed by atoms with Crippen LogP contribution in [0.4, 0.5) is 0 Å². The van der Waals surface area contributed by atoms with Gasteiger partial charge in [0.2, 0.25) is 0 Å². The number of carbonyl (C=O) groups is 1. The Morgan fingerprint density at radius 3 is 2.57 bits per heavy atom. The van der Waals surface area contributed by atoms with Crippen molar-refractivity contribution < 1.29 is 9.90 Å². The van der Waals surface area contributed by atoms with Crippen molar-refractivity contribution >= 4 is 5.78 Å². The van der Waals surface area contributed by atoms with Gasteiger partial charge < -0.3 is 5.11 Å². The number of nitrogens with zero attached hydrogens (tertiary/aromatic N) is 3. The van der Waals surface area contributed by atoms with E-state index in [2.05, 4.69) is 24.0 Å². The van der Waals surface area contributed by atoms with E-state index in [1.54, 1.807) is 11.0 Å². The van der Waals surface area contributed by atoms with Crippen LogP contribution < -0.4 is 0 Å². The van der Waals surface area contributed by atoms with Crippen molar-refractivity contribution in [2.75, 3.05) is 0 Å². The molecule has 1 aromatic heterocycles. The molecular weight excluding hydrogens is 374 g/mol. The second-order valence-electron chi connectivity index (χ2n) is 12.0. The van der Waals surface area contributed by atoms with Crippen LogP contribution in [-0.4, -0.2) is 31.5 Å². The highest BCUT2D eigenvalue weighted by Gasteiger charge is 2.61. The Morgan fingerprint density at radius 2 is 1.83 bits per heavy atom. The lowest BCUT2D eigenvalue weighted by atomic mass is 9.44. The molecule has 8 atom stereocenters. The maximum atomic E-state index is 13.3. The zero-order valence-electron chi connectivity index (χ0n) is 19.2. The summed E-state index contributed by atoms with van der Waals surface area (Å²) in [6.45, 7) is 9.24. The Balaban J connectivity index is 1.34. The molecule has 1 heterocycles. The van der Waals surface area contributed by atoms with Gasteiger partial charge in [0.05, 0.1) is 17.5 Å². The molecule has 30 heavy (non-hydrogen) atoms. The minimum Gasteiger partial charge on any atom is -0.390 e. The lowest BCUT2D eigenvalue weighted by Crippen LogP contribution is -2.55. The fourth-order valence-electron chi connectivity index (χ4n) is 8.67. The molecule has 0 unspecified atom stereocenters. The molecule has 5 nitrogen and oxygen atoms in total. The highest BCUT2D eigenvalue weighted by Crippen LogP contribution is 2.68. The van der Waals surface area contributed by atoms with E-state index in [0.717, 1.165) is 36.8 Å². The van der Waals surface area contributed by atoms with Gasteiger partial charge in [0.25, 0.3) is 0 Å². The molecule has 0 bridgehead atoms. The van der Waals surface area contributed by atoms with Crippen molar-refractivity contribution in [2.24, 2.45) is 40.4 Å². The minimum absolute atomic E-state index is 0.143. The molecule has 4 saturated carbocycles. The van der Waals surface area contributed by atoms with Gasteiger partial charge in [0.15, 0.2) is 5.78 Å². The van der Waals surface area contributed by atoms with Crippen LogP contribution in [0.15, 0.2) is 6.20 Å². The Hall–Kier alpha value is -1.23. The number of aliphatic hydroxyl groups is 1. The number of Topliss-reactive ketones (excluding diaryl/α,β-unsaturated/α-hetero) is 1. The maximum absolute atomic E-state index is 13.3. The topological polar surface area (TPSA) is 68.0 Å². The quantitative estimate of drug-likeness (QED) is 0.788. The first-order valence-electron chi connectivity index (χ1n) is 12.2. The monoisotopic (exact) mass is 413 g/mol. The molecule has 5 rings (SSSR count). The molecule has 0 amide bonds. The fourth-order valence-corrected chi connectivity index (χ4v) is 8.67. The van der Waals surface area contributed by atoms with Gasteiger partial charge in [0.1, 0.15) is 6.54 Å². The first kappa shape index (κ1) is 20.7. The molecule has 4 aliphatic rings. The van der Waals surface area contributed by atoms with Gasteiger partial charge in [-0.25, -0.2) is 0 Å². The maximum Gasteiger partial charge on any atom is 0.159 e. The predicted octanol–water partition coefficient (Wildman–Crippen LogP) is 4.57. The minimum atomic E-state index is -0.468. The van der Waals surface area contributed by atoms with Crippen molar-refractivity contribution in [3.05, 3.63) is 11.9 Å². The normalized spacial score (nSPS) is 48.0. The third kappa shape index (κ3) is 3.10. The van der Waals surface area contributed by atoms with Crippen molar-refractivity contribution in [1.82, 2.24) is 15.0 Å². The van der Waals surface area contributed by atoms with Crippen LogP contribution in [-0.2, 0) is 11.3 Å². The Labute approximate surface area is 181 Å². The van der Waals surface area contributed by atoms with Gasteiger partial charge in [-0.2, -0.15) is 15.0 Å². The van der Waals surface area contributed by atoms with E-state index in [-0.39, 0.29) is 11.3 Å². The number of aromatic nitrogens is 3. The number of rotatable bonds is 3. The highest BCUT2D eigenvalue weighted by molar-refractivity contribution is 5.82. The van der Waals surface area contributed by atoms with E-state index in [4.69, 9.17) is 0 Å². The number of aryl methyl sites for hydroxylation is 1. The SMILES string of the molecule is Cc1cnn(CC(=O)[C@H]2CC[C@H]3[C@@H]4CC[C@@H]5C[C@](C)(O)CC[C@]5(C)[C@H]4CC[C@]23C)n1. The van der Waals surface area contributed by atoms with Crippen LogP contribution in [0.1, 0.15) is 84.3 Å². The van der Waals surface area contributed by atoms with Gasteiger partial charge in [0, 0.05) is 5.92 Å². The van der Waals surface area contributed by atoms with Gasteiger partial charge in [-0.15, -0.1) is 0 Å². The van der Waals surface area contributed by atoms with Crippen LogP contribution in [0.2, 0.25) is 0 Å². The molecule has 0 aliphatic heterocycles. The second-order valence-corrected chi connectivity index (χ2v) is 12.0. The Kier molecular flexibility index (Phi) is 4.74. The van der Waals surface area contributed by atoms with Crippen LogP contribution in [0.5, 0.6) is 0 Å². The molecule has 0 saturated heterocycles. The van der Waals surface area contributed by atoms with Crippen molar-refractivity contribution in [1.29, 1.82) is 0 Å². The van der Waals surface area contributed by atoms with E-state index in [0.29, 0.717) is 29.6 Å². The average Bonchev–Trinajstić information content (AvgIpc) is 3.24. The summed E-state index contributed by atoms with van der Waals surface area (Å²) in [4.78, 5) is 14.9. The molecule has 4 aliphatic carbocycles. The standard InChI is InChI=1S/C25H39N3O2/c1-16-14-26-28(27-16)15-22(29)21-8-7-19-18-6-5-17-13-23(2,30)11-12-24(17,3)20(18)9-10-25(19,21)4/h14,17-21,30H,5-13,15H2,1-4H3/t17-,18+,19+,20+,21-,23-,24+,25+/m1/s1. The lowest BCUT2D eigenvalue weighted by Gasteiger charge is -2.61. The van der Waals surface area contributed by atoms with E-state index < -0.39 is 5.60 Å². The third-order valence-electron chi connectivity index (χ3n) is 10.3. The van der Waals surface area contributed by atoms with E-state index in [9.17, 15) is 9.90 Å². The third-order valence-corrected chi connectivity index (χ3v) is 10.3. The summed E-state index contributed by atoms with van der Waals surface area (Å²) in [6.07, 6.45) is 12.1. The Bertz CT molecular complexity index is 832. The number of fused-ring (bicyclic) bond motifs is 5. The molecule has 5 heteroatoms. The van der Waals surface area contributed by atoms with Crippen LogP contribution in [0, 0.1) is 47.3 Å². The van der Waals surface area contributed by atoms with Gasteiger partial charge in [-0.1, -0.05) is 13.8 Å². The van der Waals surface area contributed by atoms with Crippen molar-refractivity contribution in [3.8, 4) is 0 Å². The summed E-state index contributed by atoms with van der Waals surface area (Å²) in [6, 6.07) is 0. The molecule has 1 aromatic rings. The summed E-state index contributed by atoms with van der Waals surface area (Å²) in [5.74, 6) is 3.37. The van der Waals surface area contributed by atoms with Gasteiger partial charge >= 0.3 is 0 Å². The van der Waals surface area contributed by atoms with Crippen LogP contribution >= 0.6 is 0 Å². The predicted molar refractivity (Wildman–Crippen MR) is 116 cm³/mol. The molecule has 0 spiro atoms. The molecule has 1 N–H and O–H groups in total. The summed E-state index contributed by atoms with van der Waals surface area (Å²) in [5.41, 5.74) is 0.925. The summed E-state index contributed by atoms with van der Waals surface area (Å²) >= 11 is 0. The molecular formula is C25H39N3O2. The summed E-state index contributed by atoms with van der Waals surface area (Å²) in [5, 5.41) is 19.3. The highest BCUT2D eigenvalue weighted by atomic mass is 16.3. The van der Waals surface area contributed by atoms with Gasteiger partial charge in [-0.05, 0) is 106 Å². The van der Waals surface area contributed by atoms with E-state index >= 15 is 0 Å². The van der Waals surface area contributed by atoms with E-state index in [1.807, 2.05) is 13.8 Å².